The molecule has 0 unspecified atom stereocenters. The summed E-state index contributed by atoms with van der Waals surface area (Å²) >= 11 is -2.92. The molecule has 0 heterocycles. The zero-order chi connectivity index (χ0) is 34.9. The third kappa shape index (κ3) is 5.77. The van der Waals surface area contributed by atoms with Crippen LogP contribution in [0.5, 0.6) is 0 Å². The minimum atomic E-state index is -2.92. The topological polar surface area (TPSA) is 0 Å². The Hall–Kier alpha value is -3.93. The van der Waals surface area contributed by atoms with Gasteiger partial charge in [0.05, 0.1) is 0 Å². The molecular weight excluding hydrogens is 680 g/mol. The third-order valence-corrected chi connectivity index (χ3v) is 19.1. The third-order valence-electron chi connectivity index (χ3n) is 11.1. The van der Waals surface area contributed by atoms with Crippen LogP contribution in [0.1, 0.15) is 92.5 Å². The number of fused-ring (bicyclic) bond motifs is 5. The Morgan fingerprint density at radius 3 is 1.70 bits per heavy atom. The predicted molar refractivity (Wildman–Crippen MR) is 214 cm³/mol. The quantitative estimate of drug-likeness (QED) is 0.169. The van der Waals surface area contributed by atoms with Gasteiger partial charge in [-0.1, -0.05) is 0 Å². The van der Waals surface area contributed by atoms with Gasteiger partial charge in [0.15, 0.2) is 0 Å². The van der Waals surface area contributed by atoms with Crippen molar-refractivity contribution in [3.05, 3.63) is 169 Å². The number of allylic oxidation sites excluding steroid dienone is 4. The molecule has 8 rings (SSSR count). The molecular formula is C49H48Zr. The molecule has 2 aliphatic rings. The average molecular weight is 728 g/mol. The van der Waals surface area contributed by atoms with Crippen LogP contribution in [0.25, 0.3) is 32.7 Å². The Morgan fingerprint density at radius 2 is 1.16 bits per heavy atom. The van der Waals surface area contributed by atoms with Crippen molar-refractivity contribution in [3.8, 4) is 11.1 Å². The first-order chi connectivity index (χ1) is 23.9. The molecule has 0 fully saturated rings. The van der Waals surface area contributed by atoms with Gasteiger partial charge < -0.3 is 0 Å². The summed E-state index contributed by atoms with van der Waals surface area (Å²) in [5, 5.41) is 5.22. The van der Waals surface area contributed by atoms with Gasteiger partial charge in [0.25, 0.3) is 0 Å². The molecule has 0 aliphatic heterocycles. The molecule has 50 heavy (non-hydrogen) atoms. The van der Waals surface area contributed by atoms with Crippen molar-refractivity contribution in [3.63, 3.8) is 0 Å². The first-order valence-electron chi connectivity index (χ1n) is 18.3. The van der Waals surface area contributed by atoms with E-state index in [4.69, 9.17) is 0 Å². The molecule has 0 amide bonds. The van der Waals surface area contributed by atoms with E-state index in [1.54, 1.807) is 15.3 Å². The molecule has 0 bridgehead atoms. The summed E-state index contributed by atoms with van der Waals surface area (Å²) in [5.41, 5.74) is 14.8. The van der Waals surface area contributed by atoms with Gasteiger partial charge in [-0.2, -0.15) is 0 Å². The number of rotatable bonds is 4. The Labute approximate surface area is 306 Å². The van der Waals surface area contributed by atoms with Gasteiger partial charge in [-0.25, -0.2) is 0 Å². The number of hydrogen-bond acceptors (Lipinski definition) is 0. The number of hydrogen-bond donors (Lipinski definition) is 0. The molecule has 248 valence electrons. The fourth-order valence-electron chi connectivity index (χ4n) is 8.76. The standard InChI is InChI=1S/C23H29.C21H14.C5H5.Zr/c1-14-9-16-11-17-10-15(2)21(23(6,7)8)13-19(17)18(16)12-20(14)22(3,4)5;1-3-7-20-14-16(9-11-18(20)5-1)13-17-10-12-19-6-2-4-8-21(19)15-17;1-2-4-5-3-1;/h9,12-13H,11H2,1-8H3;1-12,14-15H;1-3H,4H2;. The first kappa shape index (κ1) is 33.2. The molecule has 0 spiro atoms. The molecule has 0 radical (unpaired) electrons. The predicted octanol–water partition coefficient (Wildman–Crippen LogP) is 12.1. The Morgan fingerprint density at radius 1 is 0.600 bits per heavy atom. The Balaban J connectivity index is 1.52. The van der Waals surface area contributed by atoms with E-state index in [9.17, 15) is 0 Å². The number of aryl methyl sites for hydroxylation is 1. The molecule has 6 aromatic rings. The zero-order valence-corrected chi connectivity index (χ0v) is 33.4. The summed E-state index contributed by atoms with van der Waals surface area (Å²) in [6, 6.07) is 39.9. The van der Waals surface area contributed by atoms with Crippen molar-refractivity contribution in [1.82, 2.24) is 0 Å². The van der Waals surface area contributed by atoms with Gasteiger partial charge in [-0.3, -0.25) is 0 Å². The van der Waals surface area contributed by atoms with Crippen molar-refractivity contribution in [1.29, 1.82) is 0 Å². The van der Waals surface area contributed by atoms with Gasteiger partial charge in [-0.15, -0.1) is 0 Å². The normalized spacial score (nSPS) is 13.9. The first-order valence-corrected chi connectivity index (χ1v) is 22.0. The monoisotopic (exact) mass is 726 g/mol. The van der Waals surface area contributed by atoms with Crippen LogP contribution >= 0.6 is 0 Å². The summed E-state index contributed by atoms with van der Waals surface area (Å²) in [6.07, 6.45) is 9.28. The van der Waals surface area contributed by atoms with Crippen LogP contribution in [0.4, 0.5) is 0 Å². The van der Waals surface area contributed by atoms with Crippen LogP contribution in [0, 0.1) is 13.8 Å². The second-order valence-electron chi connectivity index (χ2n) is 16.6. The molecule has 0 saturated heterocycles. The van der Waals surface area contributed by atoms with Crippen molar-refractivity contribution in [2.45, 2.75) is 79.1 Å². The van der Waals surface area contributed by atoms with Crippen LogP contribution in [-0.4, -0.2) is 3.21 Å². The molecule has 0 nitrogen and oxygen atoms in total. The molecule has 1 heteroatoms. The molecule has 0 atom stereocenters. The maximum atomic E-state index is 2.59. The van der Waals surface area contributed by atoms with E-state index in [0.29, 0.717) is 0 Å². The Kier molecular flexibility index (Phi) is 8.23. The van der Waals surface area contributed by atoms with E-state index in [-0.39, 0.29) is 10.8 Å². The zero-order valence-electron chi connectivity index (χ0n) is 31.0. The van der Waals surface area contributed by atoms with Crippen molar-refractivity contribution >= 4 is 28.0 Å². The minimum absolute atomic E-state index is 0.0246. The van der Waals surface area contributed by atoms with Gasteiger partial charge in [0.1, 0.15) is 0 Å². The van der Waals surface area contributed by atoms with E-state index in [2.05, 4.69) is 177 Å². The van der Waals surface area contributed by atoms with Crippen LogP contribution in [-0.2, 0) is 38.5 Å². The summed E-state index contributed by atoms with van der Waals surface area (Å²) < 4.78 is 4.97. The second-order valence-corrected chi connectivity index (χ2v) is 22.5. The second kappa shape index (κ2) is 12.4. The van der Waals surface area contributed by atoms with Gasteiger partial charge in [0, 0.05) is 0 Å². The number of benzene rings is 6. The van der Waals surface area contributed by atoms with Crippen molar-refractivity contribution < 1.29 is 21.3 Å². The van der Waals surface area contributed by atoms with E-state index in [1.165, 1.54) is 71.6 Å². The summed E-state index contributed by atoms with van der Waals surface area (Å²) in [7, 11) is 0. The van der Waals surface area contributed by atoms with Crippen molar-refractivity contribution in [2.24, 2.45) is 0 Å². The molecule has 6 aromatic carbocycles. The van der Waals surface area contributed by atoms with Gasteiger partial charge in [-0.05, 0) is 0 Å². The molecule has 2 aliphatic carbocycles. The van der Waals surface area contributed by atoms with Crippen LogP contribution in [0.15, 0.2) is 125 Å². The Bertz CT molecular complexity index is 2370. The van der Waals surface area contributed by atoms with E-state index in [1.807, 2.05) is 0 Å². The fraction of sp³-hybridized carbons (Fsp3) is 0.245. The molecule has 0 saturated carbocycles. The van der Waals surface area contributed by atoms with Crippen molar-refractivity contribution in [2.75, 3.05) is 0 Å². The summed E-state index contributed by atoms with van der Waals surface area (Å²) in [4.78, 5) is 0. The van der Waals surface area contributed by atoms with E-state index >= 15 is 0 Å². The van der Waals surface area contributed by atoms with E-state index < -0.39 is 21.3 Å². The molecule has 0 N–H and O–H groups in total. The maximum absolute atomic E-state index is 2.92. The fourth-order valence-corrected chi connectivity index (χ4v) is 17.1. The van der Waals surface area contributed by atoms with E-state index in [0.717, 1.165) is 12.8 Å². The van der Waals surface area contributed by atoms with Crippen LogP contribution in [0.3, 0.4) is 0 Å². The molecule has 0 aromatic heterocycles. The average Bonchev–Trinajstić information content (AvgIpc) is 3.73. The van der Waals surface area contributed by atoms with Gasteiger partial charge in [0.2, 0.25) is 0 Å². The van der Waals surface area contributed by atoms with Crippen LogP contribution < -0.4 is 3.27 Å². The van der Waals surface area contributed by atoms with Crippen LogP contribution in [0.2, 0.25) is 0 Å². The van der Waals surface area contributed by atoms with Gasteiger partial charge >= 0.3 is 309 Å². The summed E-state index contributed by atoms with van der Waals surface area (Å²) in [6.45, 7) is 19.1. The summed E-state index contributed by atoms with van der Waals surface area (Å²) in [5.74, 6) is 0. The SMILES string of the molecule is Cc1cc2c(cc1C(C)(C)C)-c1cc(C(C)(C)C)c(C)[c]([Zr]([C]3=CC=CC3)=[C](c3ccc4ccccc4c3)c3ccc4ccccc4c3)c1C2.